The molecule has 0 unspecified atom stereocenters. The van der Waals surface area contributed by atoms with Crippen LogP contribution >= 0.6 is 11.6 Å². The van der Waals surface area contributed by atoms with Gasteiger partial charge in [0.05, 0.1) is 16.9 Å². The smallest absolute Gasteiger partial charge is 0.246 e. The molecule has 3 heterocycles. The average Bonchev–Trinajstić information content (AvgIpc) is 3.30. The maximum atomic E-state index is 12.1. The molecule has 2 N–H and O–H groups in total. The third kappa shape index (κ3) is 4.81. The van der Waals surface area contributed by atoms with E-state index in [1.807, 2.05) is 42.3 Å². The summed E-state index contributed by atoms with van der Waals surface area (Å²) in [5.41, 5.74) is 2.79. The Labute approximate surface area is 205 Å². The Morgan fingerprint density at radius 2 is 2.03 bits per heavy atom. The van der Waals surface area contributed by atoms with Crippen molar-refractivity contribution in [2.75, 3.05) is 31.5 Å². The molecule has 2 aromatic heterocycles. The summed E-state index contributed by atoms with van der Waals surface area (Å²) in [6.07, 6.45) is 11.6. The van der Waals surface area contributed by atoms with Gasteiger partial charge in [0, 0.05) is 60.9 Å². The van der Waals surface area contributed by atoms with Crippen molar-refractivity contribution in [3.05, 3.63) is 53.8 Å². The normalized spacial score (nSPS) is 21.9. The molecule has 0 spiro atoms. The van der Waals surface area contributed by atoms with E-state index in [-0.39, 0.29) is 5.91 Å². The zero-order valence-electron chi connectivity index (χ0n) is 19.5. The molecule has 0 bridgehead atoms. The third-order valence-electron chi connectivity index (χ3n) is 7.02. The minimum atomic E-state index is 0.122. The summed E-state index contributed by atoms with van der Waals surface area (Å²) >= 11 is 6.50. The number of allylic oxidation sites excluding steroid dienone is 1. The molecule has 2 atom stereocenters. The molecule has 178 valence electrons. The number of carbonyl (C=O) groups excluding carboxylic acids is 1. The number of piperazine rings is 1. The Balaban J connectivity index is 1.25. The number of aromatic nitrogens is 3. The number of H-pyrrole nitrogens is 1. The first-order valence-electron chi connectivity index (χ1n) is 12.1. The van der Waals surface area contributed by atoms with Crippen LogP contribution in [-0.4, -0.2) is 68.9 Å². The predicted molar refractivity (Wildman–Crippen MR) is 137 cm³/mol. The van der Waals surface area contributed by atoms with Crippen molar-refractivity contribution in [2.45, 2.75) is 44.7 Å². The minimum absolute atomic E-state index is 0.122. The van der Waals surface area contributed by atoms with Gasteiger partial charge in [0.25, 0.3) is 0 Å². The van der Waals surface area contributed by atoms with E-state index in [4.69, 9.17) is 16.6 Å². The topological polar surface area (TPSA) is 77.2 Å². The molecular formula is C26H31ClN6O. The predicted octanol–water partition coefficient (Wildman–Crippen LogP) is 4.72. The second kappa shape index (κ2) is 10.2. The van der Waals surface area contributed by atoms with Crippen LogP contribution < -0.4 is 5.32 Å². The molecule has 34 heavy (non-hydrogen) atoms. The van der Waals surface area contributed by atoms with E-state index in [0.29, 0.717) is 23.1 Å². The number of nitrogens with zero attached hydrogens (tertiary/aromatic N) is 4. The van der Waals surface area contributed by atoms with Gasteiger partial charge in [0.15, 0.2) is 0 Å². The van der Waals surface area contributed by atoms with Crippen molar-refractivity contribution in [3.63, 3.8) is 0 Å². The molecule has 3 aromatic rings. The molecule has 1 aromatic carbocycles. The zero-order valence-corrected chi connectivity index (χ0v) is 20.3. The quantitative estimate of drug-likeness (QED) is 0.519. The summed E-state index contributed by atoms with van der Waals surface area (Å²) in [4.78, 5) is 29.2. The van der Waals surface area contributed by atoms with Crippen molar-refractivity contribution >= 4 is 34.4 Å². The highest BCUT2D eigenvalue weighted by Gasteiger charge is 2.30. The summed E-state index contributed by atoms with van der Waals surface area (Å²) in [5, 5.41) is 5.22. The number of para-hydroxylation sites is 1. The number of fused-ring (bicyclic) bond motifs is 1. The van der Waals surface area contributed by atoms with E-state index >= 15 is 0 Å². The van der Waals surface area contributed by atoms with E-state index in [2.05, 4.69) is 26.3 Å². The lowest BCUT2D eigenvalue weighted by molar-refractivity contribution is -0.128. The fourth-order valence-electron chi connectivity index (χ4n) is 5.26. The van der Waals surface area contributed by atoms with Gasteiger partial charge in [-0.1, -0.05) is 35.9 Å². The van der Waals surface area contributed by atoms with Gasteiger partial charge in [-0.3, -0.25) is 9.69 Å². The SMILES string of the molecule is C/C=C/C(=O)N1CCN([C@H]2CCC[C@@H](Nc3ncc(Cl)c(-c4c[nH]c5ccccc45)n3)C2)CC1. The van der Waals surface area contributed by atoms with Crippen LogP contribution in [0.2, 0.25) is 5.02 Å². The summed E-state index contributed by atoms with van der Waals surface area (Å²) < 4.78 is 0. The van der Waals surface area contributed by atoms with E-state index in [0.717, 1.165) is 61.2 Å². The minimum Gasteiger partial charge on any atom is -0.360 e. The van der Waals surface area contributed by atoms with Crippen molar-refractivity contribution in [1.82, 2.24) is 24.8 Å². The molecule has 0 radical (unpaired) electrons. The summed E-state index contributed by atoms with van der Waals surface area (Å²) in [6, 6.07) is 8.99. The van der Waals surface area contributed by atoms with Crippen LogP contribution in [0, 0.1) is 0 Å². The number of anilines is 1. The Kier molecular flexibility index (Phi) is 6.83. The molecule has 1 aliphatic carbocycles. The molecule has 2 fully saturated rings. The fraction of sp³-hybridized carbons (Fsp3) is 0.423. The largest absolute Gasteiger partial charge is 0.360 e. The van der Waals surface area contributed by atoms with E-state index in [9.17, 15) is 4.79 Å². The van der Waals surface area contributed by atoms with Crippen LogP contribution in [0.15, 0.2) is 48.8 Å². The first-order chi connectivity index (χ1) is 16.6. The van der Waals surface area contributed by atoms with Gasteiger partial charge in [0.2, 0.25) is 11.9 Å². The van der Waals surface area contributed by atoms with Gasteiger partial charge in [-0.15, -0.1) is 0 Å². The lowest BCUT2D eigenvalue weighted by Gasteiger charge is -2.42. The zero-order chi connectivity index (χ0) is 23.5. The number of aromatic amines is 1. The van der Waals surface area contributed by atoms with Gasteiger partial charge in [-0.2, -0.15) is 0 Å². The Morgan fingerprint density at radius 3 is 2.85 bits per heavy atom. The van der Waals surface area contributed by atoms with Gasteiger partial charge in [-0.05, 0) is 44.7 Å². The van der Waals surface area contributed by atoms with E-state index in [1.54, 1.807) is 12.3 Å². The van der Waals surface area contributed by atoms with Crippen LogP contribution in [0.3, 0.4) is 0 Å². The molecule has 1 aliphatic heterocycles. The number of hydrogen-bond acceptors (Lipinski definition) is 5. The summed E-state index contributed by atoms with van der Waals surface area (Å²) in [5.74, 6) is 0.744. The van der Waals surface area contributed by atoms with Gasteiger partial charge in [-0.25, -0.2) is 9.97 Å². The monoisotopic (exact) mass is 478 g/mol. The van der Waals surface area contributed by atoms with E-state index < -0.39 is 0 Å². The standard InChI is InChI=1S/C26H31ClN6O/c1-2-6-24(34)33-13-11-32(12-14-33)19-8-5-7-18(15-19)30-26-29-17-22(27)25(31-26)21-16-28-23-10-4-3-9-20(21)23/h2-4,6,9-10,16-19,28H,5,7-8,11-15H2,1H3,(H,29,30,31)/b6-2+/t18-,19+/m1/s1. The van der Waals surface area contributed by atoms with E-state index in [1.165, 1.54) is 12.8 Å². The highest BCUT2D eigenvalue weighted by atomic mass is 35.5. The second-order valence-electron chi connectivity index (χ2n) is 9.16. The number of hydrogen-bond donors (Lipinski definition) is 2. The Hall–Kier alpha value is -2.90. The number of rotatable bonds is 5. The maximum absolute atomic E-state index is 12.1. The molecule has 1 saturated heterocycles. The van der Waals surface area contributed by atoms with Crippen molar-refractivity contribution in [3.8, 4) is 11.3 Å². The lowest BCUT2D eigenvalue weighted by atomic mass is 9.89. The number of nitrogens with one attached hydrogen (secondary N) is 2. The van der Waals surface area contributed by atoms with Crippen molar-refractivity contribution in [1.29, 1.82) is 0 Å². The highest BCUT2D eigenvalue weighted by Crippen LogP contribution is 2.33. The first-order valence-corrected chi connectivity index (χ1v) is 12.5. The average molecular weight is 479 g/mol. The van der Waals surface area contributed by atoms with Crippen LogP contribution in [0.5, 0.6) is 0 Å². The van der Waals surface area contributed by atoms with Crippen LogP contribution in [0.25, 0.3) is 22.2 Å². The molecule has 1 saturated carbocycles. The molecule has 5 rings (SSSR count). The van der Waals surface area contributed by atoms with Gasteiger partial charge >= 0.3 is 0 Å². The second-order valence-corrected chi connectivity index (χ2v) is 9.57. The number of benzene rings is 1. The summed E-state index contributed by atoms with van der Waals surface area (Å²) in [6.45, 7) is 5.35. The first kappa shape index (κ1) is 22.9. The van der Waals surface area contributed by atoms with Crippen LogP contribution in [0.1, 0.15) is 32.6 Å². The van der Waals surface area contributed by atoms with Crippen molar-refractivity contribution < 1.29 is 4.79 Å². The summed E-state index contributed by atoms with van der Waals surface area (Å²) in [7, 11) is 0. The number of carbonyl (C=O) groups is 1. The van der Waals surface area contributed by atoms with Gasteiger partial charge < -0.3 is 15.2 Å². The third-order valence-corrected chi connectivity index (χ3v) is 7.30. The fourth-order valence-corrected chi connectivity index (χ4v) is 5.45. The van der Waals surface area contributed by atoms with Crippen molar-refractivity contribution in [2.24, 2.45) is 0 Å². The number of halogens is 1. The van der Waals surface area contributed by atoms with Crippen LogP contribution in [-0.2, 0) is 4.79 Å². The molecule has 1 amide bonds. The lowest BCUT2D eigenvalue weighted by Crippen LogP contribution is -2.53. The number of amides is 1. The molecule has 2 aliphatic rings. The maximum Gasteiger partial charge on any atom is 0.246 e. The molecular weight excluding hydrogens is 448 g/mol. The Bertz CT molecular complexity index is 1180. The Morgan fingerprint density at radius 1 is 1.21 bits per heavy atom. The van der Waals surface area contributed by atoms with Crippen LogP contribution in [0.4, 0.5) is 5.95 Å². The molecule has 8 heteroatoms. The highest BCUT2D eigenvalue weighted by molar-refractivity contribution is 6.33. The molecule has 7 nitrogen and oxygen atoms in total. The van der Waals surface area contributed by atoms with Gasteiger partial charge in [0.1, 0.15) is 0 Å².